The third-order valence-corrected chi connectivity index (χ3v) is 6.78. The first kappa shape index (κ1) is 22.8. The Bertz CT molecular complexity index is 1130. The molecule has 0 spiro atoms. The number of nitrogens with zero attached hydrogens (tertiary/aromatic N) is 2. The Labute approximate surface area is 184 Å². The minimum Gasteiger partial charge on any atom is -0.332 e. The number of fused-ring (bicyclic) bond motifs is 1. The highest BCUT2D eigenvalue weighted by Gasteiger charge is 2.33. The molecule has 1 aliphatic rings. The van der Waals surface area contributed by atoms with Gasteiger partial charge in [0.05, 0.1) is 18.5 Å². The molecule has 7 nitrogen and oxygen atoms in total. The number of benzene rings is 2. The molecule has 31 heavy (non-hydrogen) atoms. The van der Waals surface area contributed by atoms with E-state index in [9.17, 15) is 18.0 Å². The molecule has 2 aromatic carbocycles. The number of hydrogen-bond donors (Lipinski definition) is 1. The Morgan fingerprint density at radius 3 is 2.32 bits per heavy atom. The molecule has 0 bridgehead atoms. The number of carbonyl (C=O) groups excluding carboxylic acids is 2. The highest BCUT2D eigenvalue weighted by Crippen LogP contribution is 2.34. The number of sulfonamides is 1. The van der Waals surface area contributed by atoms with E-state index < -0.39 is 10.0 Å². The minimum atomic E-state index is -3.39. The highest BCUT2D eigenvalue weighted by molar-refractivity contribution is 7.92. The monoisotopic (exact) mass is 443 g/mol. The summed E-state index contributed by atoms with van der Waals surface area (Å²) < 4.78 is 25.5. The molecule has 166 valence electrons. The first-order valence-electron chi connectivity index (χ1n) is 10.1. The van der Waals surface area contributed by atoms with E-state index in [1.165, 1.54) is 15.5 Å². The summed E-state index contributed by atoms with van der Waals surface area (Å²) in [5.41, 5.74) is 5.69. The van der Waals surface area contributed by atoms with E-state index in [4.69, 9.17) is 0 Å². The van der Waals surface area contributed by atoms with Crippen molar-refractivity contribution in [2.75, 3.05) is 29.5 Å². The topological polar surface area (TPSA) is 86.8 Å². The number of likely N-dealkylation sites (N-methyl/N-ethyl adjacent to an activating group) is 1. The lowest BCUT2D eigenvalue weighted by Gasteiger charge is -2.22. The van der Waals surface area contributed by atoms with Crippen LogP contribution in [0.15, 0.2) is 30.3 Å². The molecule has 2 amide bonds. The third-order valence-electron chi connectivity index (χ3n) is 5.51. The van der Waals surface area contributed by atoms with E-state index in [1.54, 1.807) is 25.2 Å². The van der Waals surface area contributed by atoms with Gasteiger partial charge in [0.1, 0.15) is 0 Å². The number of carbonyl (C=O) groups is 2. The number of hydrogen-bond acceptors (Lipinski definition) is 4. The van der Waals surface area contributed by atoms with E-state index in [-0.39, 0.29) is 24.4 Å². The Kier molecular flexibility index (Phi) is 6.14. The maximum atomic E-state index is 12.9. The lowest BCUT2D eigenvalue weighted by molar-refractivity contribution is -0.116. The van der Waals surface area contributed by atoms with Crippen LogP contribution in [0.3, 0.4) is 0 Å². The Morgan fingerprint density at radius 1 is 1.13 bits per heavy atom. The molecule has 0 saturated carbocycles. The highest BCUT2D eigenvalue weighted by atomic mass is 32.2. The summed E-state index contributed by atoms with van der Waals surface area (Å²) in [5, 5.41) is 2.91. The van der Waals surface area contributed by atoms with Gasteiger partial charge in [0.25, 0.3) is 5.91 Å². The normalized spacial score (nSPS) is 15.5. The average Bonchev–Trinajstić information content (AvgIpc) is 2.98. The maximum Gasteiger partial charge on any atom is 0.254 e. The molecule has 2 aromatic rings. The summed E-state index contributed by atoms with van der Waals surface area (Å²) in [6.45, 7) is 7.64. The van der Waals surface area contributed by atoms with Crippen molar-refractivity contribution in [1.82, 2.24) is 4.90 Å². The van der Waals surface area contributed by atoms with Crippen molar-refractivity contribution in [3.8, 4) is 0 Å². The Balaban J connectivity index is 1.73. The predicted molar refractivity (Wildman–Crippen MR) is 123 cm³/mol. The van der Waals surface area contributed by atoms with Gasteiger partial charge in [0.2, 0.25) is 15.9 Å². The first-order chi connectivity index (χ1) is 14.4. The molecule has 1 heterocycles. The van der Waals surface area contributed by atoms with Crippen LogP contribution in [0.5, 0.6) is 0 Å². The first-order valence-corrected chi connectivity index (χ1v) is 12.0. The lowest BCUT2D eigenvalue weighted by atomic mass is 10.0. The molecule has 0 aliphatic carbocycles. The van der Waals surface area contributed by atoms with Gasteiger partial charge in [0.15, 0.2) is 0 Å². The molecule has 3 rings (SSSR count). The van der Waals surface area contributed by atoms with E-state index in [2.05, 4.69) is 5.32 Å². The van der Waals surface area contributed by atoms with Gasteiger partial charge in [0, 0.05) is 24.3 Å². The van der Waals surface area contributed by atoms with Crippen LogP contribution in [0.4, 0.5) is 11.4 Å². The van der Waals surface area contributed by atoms with E-state index in [0.29, 0.717) is 17.7 Å². The van der Waals surface area contributed by atoms with E-state index in [0.717, 1.165) is 27.9 Å². The molecular formula is C23H29N3O4S. The van der Waals surface area contributed by atoms with Gasteiger partial charge in [-0.3, -0.25) is 13.9 Å². The predicted octanol–water partition coefficient (Wildman–Crippen LogP) is 3.03. The fraction of sp³-hybridized carbons (Fsp3) is 0.391. The van der Waals surface area contributed by atoms with Crippen molar-refractivity contribution in [2.24, 2.45) is 0 Å². The van der Waals surface area contributed by atoms with Gasteiger partial charge in [-0.1, -0.05) is 17.7 Å². The van der Waals surface area contributed by atoms with Gasteiger partial charge in [-0.2, -0.15) is 0 Å². The SMILES string of the molecule is Cc1cc(C)c(NC(=O)CN(C)C(=O)c2ccc3c(c2)C[C@H](C)N3S(C)(=O)=O)c(C)c1. The van der Waals surface area contributed by atoms with E-state index in [1.807, 2.05) is 39.8 Å². The summed E-state index contributed by atoms with van der Waals surface area (Å²) in [6, 6.07) is 8.81. The van der Waals surface area contributed by atoms with Crippen LogP contribution < -0.4 is 9.62 Å². The van der Waals surface area contributed by atoms with Crippen LogP contribution in [0.25, 0.3) is 0 Å². The van der Waals surface area contributed by atoms with Gasteiger partial charge in [-0.15, -0.1) is 0 Å². The summed E-state index contributed by atoms with van der Waals surface area (Å²) in [6.07, 6.45) is 1.72. The number of nitrogens with one attached hydrogen (secondary N) is 1. The number of rotatable bonds is 5. The van der Waals surface area contributed by atoms with Crippen LogP contribution >= 0.6 is 0 Å². The summed E-state index contributed by atoms with van der Waals surface area (Å²) in [4.78, 5) is 26.8. The summed E-state index contributed by atoms with van der Waals surface area (Å²) in [7, 11) is -1.81. The second kappa shape index (κ2) is 8.34. The zero-order chi connectivity index (χ0) is 23.1. The zero-order valence-corrected chi connectivity index (χ0v) is 19.6. The van der Waals surface area contributed by atoms with Crippen molar-refractivity contribution in [3.63, 3.8) is 0 Å². The largest absolute Gasteiger partial charge is 0.332 e. The third kappa shape index (κ3) is 4.74. The summed E-state index contributed by atoms with van der Waals surface area (Å²) >= 11 is 0. The molecule has 1 atom stereocenters. The quantitative estimate of drug-likeness (QED) is 0.770. The number of amides is 2. The zero-order valence-electron chi connectivity index (χ0n) is 18.8. The number of anilines is 2. The number of aryl methyl sites for hydroxylation is 3. The Hall–Kier alpha value is -2.87. The lowest BCUT2D eigenvalue weighted by Crippen LogP contribution is -2.35. The minimum absolute atomic E-state index is 0.0887. The standard InChI is InChI=1S/C23H29N3O4S/c1-14-9-15(2)22(16(3)10-14)24-21(27)13-25(5)23(28)18-7-8-20-19(12-18)11-17(4)26(20)31(6,29)30/h7-10,12,17H,11,13H2,1-6H3,(H,24,27)/t17-/m0/s1. The van der Waals surface area contributed by atoms with Crippen molar-refractivity contribution in [1.29, 1.82) is 0 Å². The van der Waals surface area contributed by atoms with Crippen molar-refractivity contribution >= 4 is 33.2 Å². The Morgan fingerprint density at radius 2 is 1.74 bits per heavy atom. The van der Waals surface area contributed by atoms with Gasteiger partial charge < -0.3 is 10.2 Å². The van der Waals surface area contributed by atoms with Gasteiger partial charge in [-0.25, -0.2) is 8.42 Å². The van der Waals surface area contributed by atoms with Crippen molar-refractivity contribution < 1.29 is 18.0 Å². The summed E-state index contributed by atoms with van der Waals surface area (Å²) in [5.74, 6) is -0.565. The van der Waals surface area contributed by atoms with E-state index >= 15 is 0 Å². The molecule has 0 saturated heterocycles. The van der Waals surface area contributed by atoms with Crippen molar-refractivity contribution in [3.05, 3.63) is 58.1 Å². The van der Waals surface area contributed by atoms with Crippen molar-refractivity contribution in [2.45, 2.75) is 40.2 Å². The second-order valence-corrected chi connectivity index (χ2v) is 10.3. The molecule has 0 aromatic heterocycles. The molecule has 8 heteroatoms. The fourth-order valence-corrected chi connectivity index (χ4v) is 5.57. The average molecular weight is 444 g/mol. The molecule has 1 aliphatic heterocycles. The van der Waals surface area contributed by atoms with Crippen LogP contribution in [0, 0.1) is 20.8 Å². The van der Waals surface area contributed by atoms with Crippen LogP contribution in [-0.4, -0.2) is 51.0 Å². The van der Waals surface area contributed by atoms with Gasteiger partial charge in [-0.05, 0) is 69.0 Å². The molecule has 0 fully saturated rings. The smallest absolute Gasteiger partial charge is 0.254 e. The second-order valence-electron chi connectivity index (χ2n) is 8.44. The van der Waals surface area contributed by atoms with Crippen LogP contribution in [0.2, 0.25) is 0 Å². The van der Waals surface area contributed by atoms with Crippen LogP contribution in [-0.2, 0) is 21.2 Å². The molecule has 0 unspecified atom stereocenters. The molecule has 0 radical (unpaired) electrons. The maximum absolute atomic E-state index is 12.9. The fourth-order valence-electron chi connectivity index (χ4n) is 4.30. The van der Waals surface area contributed by atoms with Gasteiger partial charge >= 0.3 is 0 Å². The van der Waals surface area contributed by atoms with Crippen LogP contribution in [0.1, 0.15) is 39.5 Å². The molecular weight excluding hydrogens is 414 g/mol. The molecule has 1 N–H and O–H groups in total.